The topological polar surface area (TPSA) is 81.4 Å². The number of hydrogen-bond donors (Lipinski definition) is 2. The van der Waals surface area contributed by atoms with Gasteiger partial charge in [-0.25, -0.2) is 13.6 Å². The van der Waals surface area contributed by atoms with Crippen molar-refractivity contribution in [3.05, 3.63) is 92.4 Å². The second-order valence-electron chi connectivity index (χ2n) is 6.90. The van der Waals surface area contributed by atoms with Crippen molar-refractivity contribution in [1.82, 2.24) is 5.32 Å². The minimum atomic E-state index is -3.68. The van der Waals surface area contributed by atoms with Crippen molar-refractivity contribution in [2.75, 3.05) is 6.54 Å². The summed E-state index contributed by atoms with van der Waals surface area (Å²) in [4.78, 5) is 0.104. The lowest BCUT2D eigenvalue weighted by Gasteiger charge is -2.13. The molecule has 3 rings (SSSR count). The van der Waals surface area contributed by atoms with Gasteiger partial charge in [0.1, 0.15) is 12.4 Å². The lowest BCUT2D eigenvalue weighted by atomic mass is 10.1. The summed E-state index contributed by atoms with van der Waals surface area (Å²) in [5.74, 6) is 0.723. The maximum Gasteiger partial charge on any atom is 0.238 e. The van der Waals surface area contributed by atoms with E-state index in [1.165, 1.54) is 12.1 Å². The Morgan fingerprint density at radius 1 is 0.871 bits per heavy atom. The molecule has 0 aromatic heterocycles. The fourth-order valence-electron chi connectivity index (χ4n) is 2.92. The smallest absolute Gasteiger partial charge is 0.238 e. The maximum absolute atomic E-state index is 11.3. The highest BCUT2D eigenvalue weighted by atomic mass is 35.5. The first kappa shape index (κ1) is 23.9. The molecule has 0 saturated heterocycles. The van der Waals surface area contributed by atoms with Crippen LogP contribution in [-0.4, -0.2) is 15.0 Å². The SMILES string of the molecule is NS(=O)(=O)c1ccc(CCNCc2cc(Cl)ccc2OCc2ccc(Cl)c(Cl)c2)cc1. The molecule has 3 aromatic rings. The van der Waals surface area contributed by atoms with E-state index in [0.717, 1.165) is 28.9 Å². The van der Waals surface area contributed by atoms with Gasteiger partial charge in [0.25, 0.3) is 0 Å². The van der Waals surface area contributed by atoms with Gasteiger partial charge in [-0.2, -0.15) is 0 Å². The molecular formula is C22H21Cl3N2O3S. The molecule has 9 heteroatoms. The fraction of sp³-hybridized carbons (Fsp3) is 0.182. The number of sulfonamides is 1. The molecule has 0 amide bonds. The van der Waals surface area contributed by atoms with E-state index in [1.54, 1.807) is 30.3 Å². The molecule has 164 valence electrons. The third-order valence-electron chi connectivity index (χ3n) is 4.56. The molecule has 0 fully saturated rings. The van der Waals surface area contributed by atoms with Crippen LogP contribution in [0.25, 0.3) is 0 Å². The fourth-order valence-corrected chi connectivity index (χ4v) is 3.95. The van der Waals surface area contributed by atoms with Gasteiger partial charge in [0, 0.05) is 17.1 Å². The van der Waals surface area contributed by atoms with Crippen LogP contribution in [0.1, 0.15) is 16.7 Å². The van der Waals surface area contributed by atoms with Crippen LogP contribution in [0.4, 0.5) is 0 Å². The largest absolute Gasteiger partial charge is 0.489 e. The van der Waals surface area contributed by atoms with E-state index < -0.39 is 10.0 Å². The molecule has 0 radical (unpaired) electrons. The Labute approximate surface area is 197 Å². The molecule has 0 saturated carbocycles. The number of benzene rings is 3. The van der Waals surface area contributed by atoms with Gasteiger partial charge in [-0.3, -0.25) is 0 Å². The number of rotatable bonds is 9. The van der Waals surface area contributed by atoms with Gasteiger partial charge < -0.3 is 10.1 Å². The van der Waals surface area contributed by atoms with Crippen molar-refractivity contribution in [1.29, 1.82) is 0 Å². The Kier molecular flexibility index (Phi) is 8.22. The zero-order valence-corrected chi connectivity index (χ0v) is 19.5. The monoisotopic (exact) mass is 498 g/mol. The molecule has 0 spiro atoms. The average Bonchev–Trinajstić information content (AvgIpc) is 2.72. The summed E-state index contributed by atoms with van der Waals surface area (Å²) in [5, 5.41) is 10.1. The second-order valence-corrected chi connectivity index (χ2v) is 9.72. The Morgan fingerprint density at radius 3 is 2.26 bits per heavy atom. The van der Waals surface area contributed by atoms with E-state index in [0.29, 0.717) is 34.8 Å². The van der Waals surface area contributed by atoms with E-state index in [4.69, 9.17) is 44.7 Å². The van der Waals surface area contributed by atoms with Gasteiger partial charge in [0.2, 0.25) is 10.0 Å². The third-order valence-corrected chi connectivity index (χ3v) is 6.46. The maximum atomic E-state index is 11.3. The van der Waals surface area contributed by atoms with Crippen molar-refractivity contribution < 1.29 is 13.2 Å². The molecule has 3 aromatic carbocycles. The summed E-state index contributed by atoms with van der Waals surface area (Å²) >= 11 is 18.2. The molecule has 0 aliphatic heterocycles. The third kappa shape index (κ3) is 7.10. The first-order valence-electron chi connectivity index (χ1n) is 9.40. The van der Waals surface area contributed by atoms with E-state index in [9.17, 15) is 8.42 Å². The van der Waals surface area contributed by atoms with E-state index >= 15 is 0 Å². The van der Waals surface area contributed by atoms with E-state index in [2.05, 4.69) is 5.32 Å². The van der Waals surface area contributed by atoms with Gasteiger partial charge in [-0.05, 0) is 66.6 Å². The second kappa shape index (κ2) is 10.7. The Morgan fingerprint density at radius 2 is 1.58 bits per heavy atom. The number of halogens is 3. The first-order valence-corrected chi connectivity index (χ1v) is 12.1. The molecular weight excluding hydrogens is 479 g/mol. The van der Waals surface area contributed by atoms with Crippen LogP contribution < -0.4 is 15.2 Å². The molecule has 0 aliphatic rings. The van der Waals surface area contributed by atoms with Crippen LogP contribution in [0.15, 0.2) is 65.6 Å². The molecule has 31 heavy (non-hydrogen) atoms. The Balaban J connectivity index is 1.56. The highest BCUT2D eigenvalue weighted by Gasteiger charge is 2.08. The van der Waals surface area contributed by atoms with Gasteiger partial charge >= 0.3 is 0 Å². The highest BCUT2D eigenvalue weighted by molar-refractivity contribution is 7.89. The average molecular weight is 500 g/mol. The van der Waals surface area contributed by atoms with Gasteiger partial charge in [-0.1, -0.05) is 53.0 Å². The molecule has 5 nitrogen and oxygen atoms in total. The molecule has 0 atom stereocenters. The van der Waals surface area contributed by atoms with Gasteiger partial charge in [0.05, 0.1) is 14.9 Å². The van der Waals surface area contributed by atoms with Crippen molar-refractivity contribution in [3.8, 4) is 5.75 Å². The molecule has 0 unspecified atom stereocenters. The number of hydrogen-bond acceptors (Lipinski definition) is 4. The highest BCUT2D eigenvalue weighted by Crippen LogP contribution is 2.26. The number of nitrogens with one attached hydrogen (secondary N) is 1. The Bertz CT molecular complexity index is 1150. The molecule has 0 aliphatic carbocycles. The first-order chi connectivity index (χ1) is 14.7. The molecule has 3 N–H and O–H groups in total. The van der Waals surface area contributed by atoms with Crippen LogP contribution in [-0.2, 0) is 29.6 Å². The quantitative estimate of drug-likeness (QED) is 0.396. The van der Waals surface area contributed by atoms with Crippen LogP contribution in [0.2, 0.25) is 15.1 Å². The van der Waals surface area contributed by atoms with Crippen LogP contribution in [0.3, 0.4) is 0 Å². The minimum Gasteiger partial charge on any atom is -0.489 e. The number of primary sulfonamides is 1. The summed E-state index contributed by atoms with van der Waals surface area (Å²) in [6.07, 6.45) is 0.727. The van der Waals surface area contributed by atoms with Crippen molar-refractivity contribution >= 4 is 44.8 Å². The number of nitrogens with two attached hydrogens (primary N) is 1. The summed E-state index contributed by atoms with van der Waals surface area (Å²) in [6, 6.07) is 17.4. The van der Waals surface area contributed by atoms with Crippen molar-refractivity contribution in [2.24, 2.45) is 5.14 Å². The molecule has 0 bridgehead atoms. The summed E-state index contributed by atoms with van der Waals surface area (Å²) in [6.45, 7) is 1.60. The lowest BCUT2D eigenvalue weighted by molar-refractivity contribution is 0.302. The van der Waals surface area contributed by atoms with Gasteiger partial charge in [0.15, 0.2) is 0 Å². The van der Waals surface area contributed by atoms with Crippen molar-refractivity contribution in [2.45, 2.75) is 24.5 Å². The van der Waals surface area contributed by atoms with Gasteiger partial charge in [-0.15, -0.1) is 0 Å². The standard InChI is InChI=1S/C22H21Cl3N2O3S/c23-18-4-8-22(30-14-16-3-7-20(24)21(25)11-16)17(12-18)13-27-10-9-15-1-5-19(6-2-15)31(26,28)29/h1-8,11-12,27H,9-10,13-14H2,(H2,26,28,29). The van der Waals surface area contributed by atoms with E-state index in [1.807, 2.05) is 18.2 Å². The number of ether oxygens (including phenoxy) is 1. The zero-order valence-electron chi connectivity index (χ0n) is 16.4. The summed E-state index contributed by atoms with van der Waals surface area (Å²) < 4.78 is 28.6. The molecule has 0 heterocycles. The Hall–Kier alpha value is -1.80. The normalized spacial score (nSPS) is 11.5. The summed E-state index contributed by atoms with van der Waals surface area (Å²) in [5.41, 5.74) is 2.84. The zero-order chi connectivity index (χ0) is 22.4. The van der Waals surface area contributed by atoms with E-state index in [-0.39, 0.29) is 4.90 Å². The van der Waals surface area contributed by atoms with Crippen LogP contribution in [0, 0.1) is 0 Å². The summed E-state index contributed by atoms with van der Waals surface area (Å²) in [7, 11) is -3.68. The lowest BCUT2D eigenvalue weighted by Crippen LogP contribution is -2.17. The van der Waals surface area contributed by atoms with Crippen molar-refractivity contribution in [3.63, 3.8) is 0 Å². The van der Waals surface area contributed by atoms with Crippen LogP contribution in [0.5, 0.6) is 5.75 Å². The predicted octanol–water partition coefficient (Wildman–Crippen LogP) is 5.21. The van der Waals surface area contributed by atoms with Crippen LogP contribution >= 0.6 is 34.8 Å². The predicted molar refractivity (Wildman–Crippen MR) is 125 cm³/mol. The minimum absolute atomic E-state index is 0.104.